The minimum absolute atomic E-state index is 0.142. The molecule has 0 spiro atoms. The highest BCUT2D eigenvalue weighted by Gasteiger charge is 1.93. The normalized spacial score (nSPS) is 9.93. The van der Waals surface area contributed by atoms with E-state index in [1.54, 1.807) is 12.3 Å². The highest BCUT2D eigenvalue weighted by atomic mass is 32.2. The Bertz CT molecular complexity index is 454. The number of hydrogen-bond donors (Lipinski definition) is 1. The maximum Gasteiger partial charge on any atom is 0.238 e. The van der Waals surface area contributed by atoms with Crippen LogP contribution in [0.5, 0.6) is 5.75 Å². The lowest BCUT2D eigenvalue weighted by atomic mass is 10.3. The number of nitrogens with one attached hydrogen (secondary N) is 1. The topological polar surface area (TPSA) is 59.2 Å². The van der Waals surface area contributed by atoms with Gasteiger partial charge in [0.25, 0.3) is 0 Å². The number of hydrogen-bond acceptors (Lipinski definition) is 3. The summed E-state index contributed by atoms with van der Waals surface area (Å²) < 4.78 is 26.8. The lowest BCUT2D eigenvalue weighted by Gasteiger charge is -2.04. The fourth-order valence-electron chi connectivity index (χ4n) is 1.15. The highest BCUT2D eigenvalue weighted by Crippen LogP contribution is 2.08. The van der Waals surface area contributed by atoms with Gasteiger partial charge >= 0.3 is 0 Å². The maximum atomic E-state index is 10.6. The molecule has 0 saturated heterocycles. The Kier molecular flexibility index (Phi) is 4.97. The molecule has 1 aromatic rings. The van der Waals surface area contributed by atoms with Gasteiger partial charge in [-0.05, 0) is 12.5 Å². The fourth-order valence-corrected chi connectivity index (χ4v) is 1.53. The van der Waals surface area contributed by atoms with Crippen LogP contribution in [0.4, 0.5) is 0 Å². The highest BCUT2D eigenvalue weighted by molar-refractivity contribution is 7.63. The molecule has 4 nitrogen and oxygen atoms in total. The number of aromatic amines is 1. The van der Waals surface area contributed by atoms with Crippen LogP contribution in [0.3, 0.4) is 0 Å². The zero-order valence-electron chi connectivity index (χ0n) is 8.69. The predicted molar refractivity (Wildman–Crippen MR) is 58.0 cm³/mol. The van der Waals surface area contributed by atoms with Crippen molar-refractivity contribution in [1.29, 1.82) is 0 Å². The van der Waals surface area contributed by atoms with Crippen molar-refractivity contribution in [2.75, 3.05) is 6.61 Å². The number of ether oxygens (including phenoxy) is 1. The molecule has 0 bridgehead atoms. The first kappa shape index (κ1) is 11.8. The molecule has 1 N–H and O–H groups in total. The van der Waals surface area contributed by atoms with Crippen molar-refractivity contribution in [3.8, 4) is 5.75 Å². The van der Waals surface area contributed by atoms with E-state index in [0.717, 1.165) is 19.3 Å². The van der Waals surface area contributed by atoms with Crippen LogP contribution in [0.2, 0.25) is 0 Å². The van der Waals surface area contributed by atoms with Gasteiger partial charge in [0.1, 0.15) is 5.75 Å². The van der Waals surface area contributed by atoms with E-state index in [1.165, 1.54) is 6.07 Å². The Morgan fingerprint density at radius 2 is 2.20 bits per heavy atom. The number of H-pyrrole nitrogens is 1. The summed E-state index contributed by atoms with van der Waals surface area (Å²) in [5, 5.41) is 0. The summed E-state index contributed by atoms with van der Waals surface area (Å²) in [6.45, 7) is 2.75. The van der Waals surface area contributed by atoms with Crippen molar-refractivity contribution in [3.05, 3.63) is 23.0 Å². The van der Waals surface area contributed by atoms with Gasteiger partial charge in [0, 0.05) is 12.3 Å². The van der Waals surface area contributed by atoms with Gasteiger partial charge in [-0.2, -0.15) is 8.42 Å². The number of rotatable bonds is 5. The van der Waals surface area contributed by atoms with Gasteiger partial charge in [-0.3, -0.25) is 0 Å². The number of unbranched alkanes of at least 4 members (excludes halogenated alkanes) is 2. The van der Waals surface area contributed by atoms with E-state index < -0.39 is 10.3 Å². The average Bonchev–Trinajstić information content (AvgIpc) is 2.25. The Morgan fingerprint density at radius 3 is 2.87 bits per heavy atom. The van der Waals surface area contributed by atoms with Crippen LogP contribution < -0.4 is 4.74 Å². The SMILES string of the molecule is CCCCCOc1cc[nH]c(=S(=O)=O)c1. The largest absolute Gasteiger partial charge is 0.493 e. The second-order valence-electron chi connectivity index (χ2n) is 3.18. The summed E-state index contributed by atoms with van der Waals surface area (Å²) in [4.78, 5) is 2.62. The van der Waals surface area contributed by atoms with Gasteiger partial charge in [-0.1, -0.05) is 19.8 Å². The molecule has 0 atom stereocenters. The molecule has 1 heterocycles. The summed E-state index contributed by atoms with van der Waals surface area (Å²) in [5.41, 5.74) is 0. The molecule has 0 saturated carbocycles. The summed E-state index contributed by atoms with van der Waals surface area (Å²) in [7, 11) is -2.23. The van der Waals surface area contributed by atoms with E-state index >= 15 is 0 Å². The second kappa shape index (κ2) is 6.29. The molecule has 0 aliphatic heterocycles. The van der Waals surface area contributed by atoms with Crippen LogP contribution >= 0.6 is 0 Å². The molecule has 0 aliphatic rings. The van der Waals surface area contributed by atoms with Gasteiger partial charge in [0.2, 0.25) is 10.3 Å². The molecule has 0 fully saturated rings. The predicted octanol–water partition coefficient (Wildman–Crippen LogP) is 1.99. The lowest BCUT2D eigenvalue weighted by Crippen LogP contribution is -1.97. The third kappa shape index (κ3) is 4.20. The molecule has 0 aliphatic carbocycles. The van der Waals surface area contributed by atoms with Crippen molar-refractivity contribution in [2.24, 2.45) is 0 Å². The minimum atomic E-state index is -2.23. The summed E-state index contributed by atoms with van der Waals surface area (Å²) in [6.07, 6.45) is 4.81. The van der Waals surface area contributed by atoms with E-state index in [4.69, 9.17) is 4.74 Å². The Labute approximate surface area is 90.5 Å². The standard InChI is InChI=1S/C10H15NO3S/c1-2-3-4-7-14-9-5-6-11-10(8-9)15(12)13/h5-6,8,11H,2-4,7H2,1H3. The molecule has 0 radical (unpaired) electrons. The first-order chi connectivity index (χ1) is 7.24. The first-order valence-electron chi connectivity index (χ1n) is 4.98. The summed E-state index contributed by atoms with van der Waals surface area (Å²) in [5.74, 6) is 0.587. The Hall–Kier alpha value is -1.23. The maximum absolute atomic E-state index is 10.6. The van der Waals surface area contributed by atoms with Crippen LogP contribution in [0.15, 0.2) is 18.3 Å². The first-order valence-corrected chi connectivity index (χ1v) is 6.05. The van der Waals surface area contributed by atoms with Gasteiger partial charge in [-0.25, -0.2) is 0 Å². The van der Waals surface area contributed by atoms with E-state index in [9.17, 15) is 8.42 Å². The molecule has 1 rings (SSSR count). The van der Waals surface area contributed by atoms with Crippen LogP contribution in [0, 0.1) is 4.64 Å². The molecule has 0 unspecified atom stereocenters. The third-order valence-electron chi connectivity index (χ3n) is 1.94. The van der Waals surface area contributed by atoms with Crippen molar-refractivity contribution >= 4 is 10.3 Å². The molecule has 1 aromatic heterocycles. The van der Waals surface area contributed by atoms with Crippen LogP contribution in [-0.2, 0) is 10.3 Å². The third-order valence-corrected chi connectivity index (χ3v) is 2.54. The summed E-state index contributed by atoms with van der Waals surface area (Å²) >= 11 is 0. The average molecular weight is 229 g/mol. The summed E-state index contributed by atoms with van der Waals surface area (Å²) in [6, 6.07) is 3.19. The van der Waals surface area contributed by atoms with E-state index in [0.29, 0.717) is 12.4 Å². The molecule has 15 heavy (non-hydrogen) atoms. The fraction of sp³-hybridized carbons (Fsp3) is 0.500. The van der Waals surface area contributed by atoms with E-state index in [1.807, 2.05) is 0 Å². The van der Waals surface area contributed by atoms with Crippen molar-refractivity contribution in [3.63, 3.8) is 0 Å². The number of pyridine rings is 1. The monoisotopic (exact) mass is 229 g/mol. The van der Waals surface area contributed by atoms with E-state index in [2.05, 4.69) is 11.9 Å². The van der Waals surface area contributed by atoms with Gasteiger partial charge in [0.05, 0.1) is 6.61 Å². The van der Waals surface area contributed by atoms with Crippen LogP contribution in [0.25, 0.3) is 0 Å². The molecular formula is C10H15NO3S. The zero-order chi connectivity index (χ0) is 11.1. The van der Waals surface area contributed by atoms with Gasteiger partial charge < -0.3 is 9.72 Å². The smallest absolute Gasteiger partial charge is 0.238 e. The van der Waals surface area contributed by atoms with Gasteiger partial charge in [0.15, 0.2) is 4.64 Å². The zero-order valence-corrected chi connectivity index (χ0v) is 9.51. The lowest BCUT2D eigenvalue weighted by molar-refractivity contribution is 0.306. The quantitative estimate of drug-likeness (QED) is 0.620. The second-order valence-corrected chi connectivity index (χ2v) is 4.09. The Balaban J connectivity index is 2.63. The molecule has 5 heteroatoms. The Morgan fingerprint density at radius 1 is 1.40 bits per heavy atom. The van der Waals surface area contributed by atoms with Crippen LogP contribution in [0.1, 0.15) is 26.2 Å². The van der Waals surface area contributed by atoms with Gasteiger partial charge in [-0.15, -0.1) is 0 Å². The number of aromatic nitrogens is 1. The van der Waals surface area contributed by atoms with Crippen molar-refractivity contribution in [1.82, 2.24) is 4.98 Å². The van der Waals surface area contributed by atoms with E-state index in [-0.39, 0.29) is 4.64 Å². The minimum Gasteiger partial charge on any atom is -0.493 e. The molecule has 0 aromatic carbocycles. The van der Waals surface area contributed by atoms with Crippen molar-refractivity contribution in [2.45, 2.75) is 26.2 Å². The van der Waals surface area contributed by atoms with Crippen molar-refractivity contribution < 1.29 is 13.2 Å². The molecular weight excluding hydrogens is 214 g/mol. The van der Waals surface area contributed by atoms with Crippen LogP contribution in [-0.4, -0.2) is 20.0 Å². The molecule has 0 amide bonds. The molecule has 84 valence electrons.